The summed E-state index contributed by atoms with van der Waals surface area (Å²) in [6, 6.07) is 22.0. The zero-order valence-corrected chi connectivity index (χ0v) is 19.7. The van der Waals surface area contributed by atoms with Crippen LogP contribution in [0.4, 0.5) is 5.69 Å². The Morgan fingerprint density at radius 1 is 0.944 bits per heavy atom. The number of carbonyl (C=O) groups excluding carboxylic acids is 3. The Kier molecular flexibility index (Phi) is 6.37. The number of benzene rings is 3. The van der Waals surface area contributed by atoms with Crippen LogP contribution in [-0.4, -0.2) is 36.0 Å². The maximum Gasteiger partial charge on any atom is 0.360 e. The van der Waals surface area contributed by atoms with Crippen LogP contribution in [0.5, 0.6) is 0 Å². The third kappa shape index (κ3) is 4.91. The van der Waals surface area contributed by atoms with E-state index in [2.05, 4.69) is 15.2 Å². The molecule has 0 aliphatic carbocycles. The van der Waals surface area contributed by atoms with Crippen molar-refractivity contribution in [2.75, 3.05) is 12.4 Å². The van der Waals surface area contributed by atoms with Crippen LogP contribution in [0, 0.1) is 0 Å². The molecular formula is C27H19ClN2O6. The van der Waals surface area contributed by atoms with Gasteiger partial charge in [-0.05, 0) is 54.1 Å². The zero-order chi connectivity index (χ0) is 25.2. The lowest BCUT2D eigenvalue weighted by atomic mass is 10.0. The molecule has 1 fully saturated rings. The molecule has 1 amide bonds. The number of epoxide rings is 1. The molecule has 2 atom stereocenters. The summed E-state index contributed by atoms with van der Waals surface area (Å²) in [6.07, 6.45) is -0.900. The third-order valence-electron chi connectivity index (χ3n) is 5.69. The molecule has 36 heavy (non-hydrogen) atoms. The Labute approximate surface area is 210 Å². The van der Waals surface area contributed by atoms with E-state index >= 15 is 0 Å². The maximum absolute atomic E-state index is 12.8. The number of hydrogen-bond donors (Lipinski definition) is 1. The summed E-state index contributed by atoms with van der Waals surface area (Å²) in [4.78, 5) is 37.0. The summed E-state index contributed by atoms with van der Waals surface area (Å²) in [7, 11) is 1.26. The predicted octanol–water partition coefficient (Wildman–Crippen LogP) is 5.36. The number of rotatable bonds is 7. The van der Waals surface area contributed by atoms with Crippen LogP contribution < -0.4 is 5.32 Å². The lowest BCUT2D eigenvalue weighted by molar-refractivity contribution is 0.0589. The van der Waals surface area contributed by atoms with Crippen LogP contribution in [0.1, 0.15) is 42.9 Å². The number of Topliss-reactive ketones (excluding diaryl/α,β-unsaturated/α-hetero) is 1. The fourth-order valence-corrected chi connectivity index (χ4v) is 3.86. The molecule has 2 unspecified atom stereocenters. The smallest absolute Gasteiger partial charge is 0.360 e. The van der Waals surface area contributed by atoms with Crippen molar-refractivity contribution in [3.05, 3.63) is 106 Å². The van der Waals surface area contributed by atoms with Gasteiger partial charge in [0.2, 0.25) is 0 Å². The normalized spacial score (nSPS) is 16.3. The van der Waals surface area contributed by atoms with Gasteiger partial charge in [0.05, 0.1) is 7.11 Å². The van der Waals surface area contributed by atoms with Gasteiger partial charge in [-0.25, -0.2) is 4.79 Å². The lowest BCUT2D eigenvalue weighted by Gasteiger charge is -2.07. The Hall–Kier alpha value is -4.27. The van der Waals surface area contributed by atoms with E-state index < -0.39 is 12.1 Å². The number of anilines is 1. The molecule has 5 rings (SSSR count). The molecule has 1 saturated heterocycles. The molecule has 0 spiro atoms. The molecule has 1 N–H and O–H groups in total. The number of aromatic nitrogens is 1. The second-order valence-electron chi connectivity index (χ2n) is 8.07. The molecule has 180 valence electrons. The van der Waals surface area contributed by atoms with Crippen molar-refractivity contribution in [2.45, 2.75) is 12.2 Å². The second kappa shape index (κ2) is 9.77. The first-order chi connectivity index (χ1) is 17.4. The highest BCUT2D eigenvalue weighted by Crippen LogP contribution is 2.40. The number of hydrogen-bond acceptors (Lipinski definition) is 7. The molecule has 0 bridgehead atoms. The fourth-order valence-electron chi connectivity index (χ4n) is 3.73. The number of ketones is 1. The minimum absolute atomic E-state index is 0.0544. The lowest BCUT2D eigenvalue weighted by Crippen LogP contribution is -2.12. The van der Waals surface area contributed by atoms with Gasteiger partial charge in [0.25, 0.3) is 5.91 Å². The Balaban J connectivity index is 1.23. The molecule has 0 radical (unpaired) electrons. The summed E-state index contributed by atoms with van der Waals surface area (Å²) in [5, 5.41) is 7.09. The molecule has 2 heterocycles. The zero-order valence-electron chi connectivity index (χ0n) is 18.9. The molecular weight excluding hydrogens is 484 g/mol. The molecule has 4 aromatic rings. The van der Waals surface area contributed by atoms with Crippen molar-refractivity contribution >= 4 is 34.9 Å². The van der Waals surface area contributed by atoms with Crippen molar-refractivity contribution in [3.63, 3.8) is 0 Å². The van der Waals surface area contributed by atoms with Gasteiger partial charge in [-0.2, -0.15) is 0 Å². The first-order valence-corrected chi connectivity index (χ1v) is 11.3. The van der Waals surface area contributed by atoms with E-state index in [1.54, 1.807) is 72.8 Å². The van der Waals surface area contributed by atoms with Crippen LogP contribution >= 0.6 is 11.6 Å². The number of halogens is 1. The van der Waals surface area contributed by atoms with Crippen molar-refractivity contribution in [3.8, 4) is 11.3 Å². The van der Waals surface area contributed by atoms with E-state index in [1.807, 2.05) is 0 Å². The van der Waals surface area contributed by atoms with Gasteiger partial charge in [0, 0.05) is 33.5 Å². The minimum Gasteiger partial charge on any atom is -0.464 e. The van der Waals surface area contributed by atoms with Crippen molar-refractivity contribution < 1.29 is 28.4 Å². The monoisotopic (exact) mass is 502 g/mol. The predicted molar refractivity (Wildman–Crippen MR) is 131 cm³/mol. The van der Waals surface area contributed by atoms with E-state index in [-0.39, 0.29) is 23.5 Å². The van der Waals surface area contributed by atoms with Crippen molar-refractivity contribution in [2.24, 2.45) is 0 Å². The number of nitrogens with one attached hydrogen (secondary N) is 1. The van der Waals surface area contributed by atoms with Crippen LogP contribution in [0.15, 0.2) is 83.4 Å². The number of nitrogens with zero attached hydrogens (tertiary/aromatic N) is 1. The number of amides is 1. The third-order valence-corrected chi connectivity index (χ3v) is 5.94. The Bertz CT molecular complexity index is 1450. The minimum atomic E-state index is -0.602. The number of esters is 1. The van der Waals surface area contributed by atoms with Crippen LogP contribution in [0.25, 0.3) is 11.3 Å². The molecule has 1 aliphatic heterocycles. The topological polar surface area (TPSA) is 111 Å². The highest BCUT2D eigenvalue weighted by Gasteiger charge is 2.46. The second-order valence-corrected chi connectivity index (χ2v) is 8.51. The first kappa shape index (κ1) is 23.5. The molecule has 0 saturated carbocycles. The maximum atomic E-state index is 12.8. The van der Waals surface area contributed by atoms with Crippen molar-refractivity contribution in [1.29, 1.82) is 0 Å². The first-order valence-electron chi connectivity index (χ1n) is 10.9. The summed E-state index contributed by atoms with van der Waals surface area (Å²) in [6.45, 7) is 0. The summed E-state index contributed by atoms with van der Waals surface area (Å²) in [5.74, 6) is -0.654. The molecule has 8 nitrogen and oxygen atoms in total. The van der Waals surface area contributed by atoms with Gasteiger partial charge in [-0.15, -0.1) is 0 Å². The number of methoxy groups -OCH3 is 1. The van der Waals surface area contributed by atoms with Gasteiger partial charge in [-0.1, -0.05) is 41.0 Å². The average molecular weight is 503 g/mol. The standard InChI is InChI=1S/C27H19ClN2O6/c1-34-27(33)21-14-22(36-30-21)18-3-2-4-20(13-18)29-26(32)17-7-5-16(6-8-17)24-25(35-24)23(31)15-9-11-19(28)12-10-15/h2-14,24-25H,1H3,(H,29,32). The molecule has 1 aromatic heterocycles. The highest BCUT2D eigenvalue weighted by molar-refractivity contribution is 6.30. The van der Waals surface area contributed by atoms with E-state index in [1.165, 1.54) is 13.2 Å². The van der Waals surface area contributed by atoms with E-state index in [0.29, 0.717) is 33.2 Å². The number of carbonyl (C=O) groups is 3. The number of ether oxygens (including phenoxy) is 2. The van der Waals surface area contributed by atoms with Crippen LogP contribution in [-0.2, 0) is 9.47 Å². The summed E-state index contributed by atoms with van der Waals surface area (Å²) < 4.78 is 15.4. The Morgan fingerprint density at radius 3 is 2.39 bits per heavy atom. The molecule has 3 aromatic carbocycles. The van der Waals surface area contributed by atoms with E-state index in [4.69, 9.17) is 20.9 Å². The Morgan fingerprint density at radius 2 is 1.67 bits per heavy atom. The average Bonchev–Trinajstić information content (AvgIpc) is 3.55. The van der Waals surface area contributed by atoms with Gasteiger partial charge < -0.3 is 19.3 Å². The highest BCUT2D eigenvalue weighted by atomic mass is 35.5. The van der Waals surface area contributed by atoms with Gasteiger partial charge in [-0.3, -0.25) is 9.59 Å². The quantitative estimate of drug-likeness (QED) is 0.206. The van der Waals surface area contributed by atoms with E-state index in [9.17, 15) is 14.4 Å². The molecule has 1 aliphatic rings. The van der Waals surface area contributed by atoms with E-state index in [0.717, 1.165) is 5.56 Å². The van der Waals surface area contributed by atoms with Gasteiger partial charge >= 0.3 is 5.97 Å². The summed E-state index contributed by atoms with van der Waals surface area (Å²) >= 11 is 5.88. The van der Waals surface area contributed by atoms with Crippen LogP contribution in [0.3, 0.4) is 0 Å². The summed E-state index contributed by atoms with van der Waals surface area (Å²) in [5.41, 5.74) is 3.02. The largest absolute Gasteiger partial charge is 0.464 e. The SMILES string of the molecule is COC(=O)c1cc(-c2cccc(NC(=O)c3ccc(C4OC4C(=O)c4ccc(Cl)cc4)cc3)c2)on1. The van der Waals surface area contributed by atoms with Gasteiger partial charge in [0.15, 0.2) is 23.3 Å². The molecule has 9 heteroatoms. The fraction of sp³-hybridized carbons (Fsp3) is 0.111. The van der Waals surface area contributed by atoms with Crippen LogP contribution in [0.2, 0.25) is 5.02 Å². The van der Waals surface area contributed by atoms with Crippen molar-refractivity contribution in [1.82, 2.24) is 5.16 Å². The van der Waals surface area contributed by atoms with Gasteiger partial charge in [0.1, 0.15) is 6.10 Å².